The number of hydrogen-bond acceptors (Lipinski definition) is 1. The molecule has 0 atom stereocenters. The zero-order valence-corrected chi connectivity index (χ0v) is 14.9. The van der Waals surface area contributed by atoms with E-state index in [0.29, 0.717) is 11.9 Å². The number of rotatable bonds is 6. The summed E-state index contributed by atoms with van der Waals surface area (Å²) < 4.78 is 2.29. The fraction of sp³-hybridized carbons (Fsp3) is 0.500. The Bertz CT molecular complexity index is 696. The lowest BCUT2D eigenvalue weighted by Gasteiger charge is -2.30. The highest BCUT2D eigenvalue weighted by Crippen LogP contribution is 2.33. The largest absolute Gasteiger partial charge is 0.345 e. The van der Waals surface area contributed by atoms with Crippen LogP contribution in [0.25, 0.3) is 0 Å². The van der Waals surface area contributed by atoms with Gasteiger partial charge in [0, 0.05) is 30.4 Å². The molecule has 0 radical (unpaired) electrons. The van der Waals surface area contributed by atoms with Crippen molar-refractivity contribution in [3.05, 3.63) is 59.9 Å². The molecule has 3 heteroatoms. The highest BCUT2D eigenvalue weighted by Gasteiger charge is 2.36. The van der Waals surface area contributed by atoms with Crippen LogP contribution in [-0.4, -0.2) is 21.4 Å². The second-order valence-corrected chi connectivity index (χ2v) is 7.65. The van der Waals surface area contributed by atoms with Gasteiger partial charge >= 0.3 is 0 Å². The molecule has 25 heavy (non-hydrogen) atoms. The maximum atomic E-state index is 13.1. The summed E-state index contributed by atoms with van der Waals surface area (Å²) in [6, 6.07) is 15.3. The summed E-state index contributed by atoms with van der Waals surface area (Å²) in [7, 11) is 0. The average Bonchev–Trinajstić information content (AvgIpc) is 3.42. The molecule has 2 saturated carbocycles. The smallest absolute Gasteiger partial charge is 0.226 e. The Kier molecular flexibility index (Phi) is 4.91. The van der Waals surface area contributed by atoms with Crippen LogP contribution in [0.5, 0.6) is 0 Å². The van der Waals surface area contributed by atoms with Crippen LogP contribution in [0.2, 0.25) is 0 Å². The average molecular weight is 336 g/mol. The van der Waals surface area contributed by atoms with E-state index in [1.807, 2.05) is 0 Å². The molecular formula is C22H28N2O. The first-order chi connectivity index (χ1) is 12.3. The quantitative estimate of drug-likeness (QED) is 0.756. The summed E-state index contributed by atoms with van der Waals surface area (Å²) in [6.45, 7) is 1.64. The highest BCUT2D eigenvalue weighted by atomic mass is 16.2. The van der Waals surface area contributed by atoms with Crippen molar-refractivity contribution >= 4 is 5.91 Å². The molecule has 3 nitrogen and oxygen atoms in total. The number of carbonyl (C=O) groups is 1. The molecule has 1 aromatic heterocycles. The molecule has 0 aliphatic heterocycles. The summed E-state index contributed by atoms with van der Waals surface area (Å²) in [5.41, 5.74) is 2.55. The van der Waals surface area contributed by atoms with E-state index in [1.165, 1.54) is 43.4 Å². The van der Waals surface area contributed by atoms with Gasteiger partial charge in [-0.15, -0.1) is 0 Å². The third kappa shape index (κ3) is 3.97. The van der Waals surface area contributed by atoms with Crippen LogP contribution >= 0.6 is 0 Å². The lowest BCUT2D eigenvalue weighted by atomic mass is 9.88. The summed E-state index contributed by atoms with van der Waals surface area (Å²) >= 11 is 0. The van der Waals surface area contributed by atoms with Gasteiger partial charge in [0.15, 0.2) is 0 Å². The molecule has 1 amide bonds. The number of hydrogen-bond donors (Lipinski definition) is 0. The molecule has 0 N–H and O–H groups in total. The van der Waals surface area contributed by atoms with Crippen LogP contribution in [0.3, 0.4) is 0 Å². The second-order valence-electron chi connectivity index (χ2n) is 7.65. The topological polar surface area (TPSA) is 25.2 Å². The molecule has 1 aromatic carbocycles. The molecule has 4 rings (SSSR count). The molecule has 2 aliphatic carbocycles. The number of amides is 1. The van der Waals surface area contributed by atoms with Gasteiger partial charge in [0.1, 0.15) is 0 Å². The fourth-order valence-corrected chi connectivity index (χ4v) is 4.06. The minimum atomic E-state index is 0.270. The molecule has 2 aliphatic rings. The molecule has 0 saturated heterocycles. The lowest BCUT2D eigenvalue weighted by Crippen LogP contribution is -2.38. The Morgan fingerprint density at radius 3 is 2.44 bits per heavy atom. The number of benzene rings is 1. The van der Waals surface area contributed by atoms with Gasteiger partial charge in [-0.05, 0) is 43.4 Å². The van der Waals surface area contributed by atoms with E-state index >= 15 is 0 Å². The van der Waals surface area contributed by atoms with Crippen LogP contribution in [0.1, 0.15) is 56.2 Å². The van der Waals surface area contributed by atoms with Gasteiger partial charge in [0.25, 0.3) is 0 Å². The van der Waals surface area contributed by atoms with Crippen molar-refractivity contribution in [2.45, 2.75) is 64.1 Å². The molecular weight excluding hydrogens is 308 g/mol. The Balaban J connectivity index is 1.48. The lowest BCUT2D eigenvalue weighted by molar-refractivity contribution is -0.137. The standard InChI is InChI=1S/C22H28N2O/c25-22(19-10-5-2-6-11-19)24(20-13-14-20)17-21-12-7-15-23(21)16-18-8-3-1-4-9-18/h1,3-4,7-9,12,15,19-20H,2,5-6,10-11,13-14,16-17H2. The van der Waals surface area contributed by atoms with Gasteiger partial charge in [-0.25, -0.2) is 0 Å². The van der Waals surface area contributed by atoms with E-state index in [1.54, 1.807) is 0 Å². The van der Waals surface area contributed by atoms with Gasteiger partial charge in [0.05, 0.1) is 6.54 Å². The number of carbonyl (C=O) groups excluding carboxylic acids is 1. The second kappa shape index (κ2) is 7.47. The summed E-state index contributed by atoms with van der Waals surface area (Å²) in [4.78, 5) is 15.3. The minimum absolute atomic E-state index is 0.270. The summed E-state index contributed by atoms with van der Waals surface area (Å²) in [6.07, 6.45) is 10.4. The van der Waals surface area contributed by atoms with Crippen molar-refractivity contribution in [3.63, 3.8) is 0 Å². The monoisotopic (exact) mass is 336 g/mol. The maximum Gasteiger partial charge on any atom is 0.226 e. The van der Waals surface area contributed by atoms with Crippen molar-refractivity contribution in [1.29, 1.82) is 0 Å². The van der Waals surface area contributed by atoms with Crippen LogP contribution in [0, 0.1) is 5.92 Å². The Hall–Kier alpha value is -2.03. The number of nitrogens with zero attached hydrogens (tertiary/aromatic N) is 2. The van der Waals surface area contributed by atoms with E-state index < -0.39 is 0 Å². The van der Waals surface area contributed by atoms with Crippen LogP contribution in [0.15, 0.2) is 48.7 Å². The molecule has 0 bridgehead atoms. The van der Waals surface area contributed by atoms with Crippen LogP contribution in [0.4, 0.5) is 0 Å². The van der Waals surface area contributed by atoms with E-state index in [2.05, 4.69) is 58.1 Å². The van der Waals surface area contributed by atoms with Crippen molar-refractivity contribution in [2.24, 2.45) is 5.92 Å². The highest BCUT2D eigenvalue weighted by molar-refractivity contribution is 5.79. The maximum absolute atomic E-state index is 13.1. The van der Waals surface area contributed by atoms with E-state index in [0.717, 1.165) is 25.9 Å². The van der Waals surface area contributed by atoms with Gasteiger partial charge < -0.3 is 9.47 Å². The van der Waals surface area contributed by atoms with Crippen LogP contribution in [-0.2, 0) is 17.9 Å². The predicted molar refractivity (Wildman–Crippen MR) is 100 cm³/mol. The molecule has 0 unspecified atom stereocenters. The van der Waals surface area contributed by atoms with Crippen molar-refractivity contribution < 1.29 is 4.79 Å². The minimum Gasteiger partial charge on any atom is -0.345 e. The Morgan fingerprint density at radius 1 is 0.960 bits per heavy atom. The molecule has 132 valence electrons. The molecule has 0 spiro atoms. The van der Waals surface area contributed by atoms with Gasteiger partial charge in [-0.1, -0.05) is 49.6 Å². The fourth-order valence-electron chi connectivity index (χ4n) is 4.06. The Labute approximate surface area is 150 Å². The Morgan fingerprint density at radius 2 is 1.72 bits per heavy atom. The molecule has 1 heterocycles. The van der Waals surface area contributed by atoms with Gasteiger partial charge in [-0.2, -0.15) is 0 Å². The summed E-state index contributed by atoms with van der Waals surface area (Å²) in [5, 5.41) is 0. The number of aromatic nitrogens is 1. The first-order valence-electron chi connectivity index (χ1n) is 9.79. The first-order valence-corrected chi connectivity index (χ1v) is 9.79. The van der Waals surface area contributed by atoms with Gasteiger partial charge in [0.2, 0.25) is 5.91 Å². The van der Waals surface area contributed by atoms with Crippen molar-refractivity contribution in [2.75, 3.05) is 0 Å². The predicted octanol–water partition coefficient (Wildman–Crippen LogP) is 4.61. The van der Waals surface area contributed by atoms with E-state index in [-0.39, 0.29) is 5.92 Å². The van der Waals surface area contributed by atoms with E-state index in [9.17, 15) is 4.79 Å². The zero-order valence-electron chi connectivity index (χ0n) is 14.9. The van der Waals surface area contributed by atoms with Crippen LogP contribution < -0.4 is 0 Å². The van der Waals surface area contributed by atoms with Crippen molar-refractivity contribution in [3.8, 4) is 0 Å². The van der Waals surface area contributed by atoms with Gasteiger partial charge in [-0.3, -0.25) is 4.79 Å². The van der Waals surface area contributed by atoms with E-state index in [4.69, 9.17) is 0 Å². The zero-order chi connectivity index (χ0) is 17.1. The molecule has 2 fully saturated rings. The normalized spacial score (nSPS) is 18.2. The SMILES string of the molecule is O=C(C1CCCCC1)N(Cc1cccn1Cc1ccccc1)C1CC1. The third-order valence-electron chi connectivity index (χ3n) is 5.68. The summed E-state index contributed by atoms with van der Waals surface area (Å²) in [5.74, 6) is 0.682. The molecule has 2 aromatic rings. The van der Waals surface area contributed by atoms with Crippen molar-refractivity contribution in [1.82, 2.24) is 9.47 Å². The third-order valence-corrected chi connectivity index (χ3v) is 5.68. The first kappa shape index (κ1) is 16.4.